The maximum absolute atomic E-state index is 4.71. The molecule has 3 aromatic heterocycles. The second kappa shape index (κ2) is 7.55. The molecule has 0 amide bonds. The van der Waals surface area contributed by atoms with Gasteiger partial charge in [-0.1, -0.05) is 43.5 Å². The molecule has 2 aliphatic rings. The lowest BCUT2D eigenvalue weighted by atomic mass is 9.89. The fraction of sp³-hybridized carbons (Fsp3) is 0.360. The molecule has 0 bridgehead atoms. The van der Waals surface area contributed by atoms with E-state index >= 15 is 0 Å². The number of benzene rings is 1. The molecule has 5 heteroatoms. The molecule has 2 N–H and O–H groups in total. The summed E-state index contributed by atoms with van der Waals surface area (Å²) < 4.78 is 0. The van der Waals surface area contributed by atoms with Crippen molar-refractivity contribution in [2.24, 2.45) is 0 Å². The average molecular weight is 415 g/mol. The molecule has 1 fully saturated rings. The average Bonchev–Trinajstić information content (AvgIpc) is 3.59. The zero-order chi connectivity index (χ0) is 19.9. The summed E-state index contributed by atoms with van der Waals surface area (Å²) in [6, 6.07) is 9.03. The first-order chi connectivity index (χ1) is 14.9. The Balaban J connectivity index is 1.30. The van der Waals surface area contributed by atoms with Gasteiger partial charge in [0.05, 0.1) is 35.0 Å². The molecule has 0 unspecified atom stereocenters. The SMILES string of the molecule is c1ncc(-c2sc(-c3ccc(-c4cnc(C5CCCCC5)[nH]4)cc3)c3c2CCC3)[nH]1. The molecule has 4 nitrogen and oxygen atoms in total. The van der Waals surface area contributed by atoms with Crippen LogP contribution in [0.1, 0.15) is 61.4 Å². The topological polar surface area (TPSA) is 57.4 Å². The molecule has 0 spiro atoms. The smallest absolute Gasteiger partial charge is 0.109 e. The Morgan fingerprint density at radius 3 is 2.33 bits per heavy atom. The highest BCUT2D eigenvalue weighted by atomic mass is 32.1. The van der Waals surface area contributed by atoms with Crippen molar-refractivity contribution >= 4 is 11.3 Å². The van der Waals surface area contributed by atoms with Crippen molar-refractivity contribution in [1.29, 1.82) is 0 Å². The molecule has 1 saturated carbocycles. The maximum atomic E-state index is 4.71. The number of aromatic amines is 2. The monoisotopic (exact) mass is 414 g/mol. The zero-order valence-corrected chi connectivity index (χ0v) is 17.9. The van der Waals surface area contributed by atoms with E-state index in [1.54, 1.807) is 11.9 Å². The largest absolute Gasteiger partial charge is 0.344 e. The Morgan fingerprint density at radius 2 is 1.57 bits per heavy atom. The number of aromatic nitrogens is 4. The molecule has 1 aromatic carbocycles. The first kappa shape index (κ1) is 18.1. The summed E-state index contributed by atoms with van der Waals surface area (Å²) in [5.74, 6) is 1.79. The third-order valence-corrected chi connectivity index (χ3v) is 8.12. The normalized spacial score (nSPS) is 16.8. The second-order valence-corrected chi connectivity index (χ2v) is 9.65. The van der Waals surface area contributed by atoms with Crippen LogP contribution < -0.4 is 0 Å². The summed E-state index contributed by atoms with van der Waals surface area (Å²) in [6.07, 6.45) is 15.9. The summed E-state index contributed by atoms with van der Waals surface area (Å²) in [6.45, 7) is 0. The van der Waals surface area contributed by atoms with Gasteiger partial charge in [-0.25, -0.2) is 9.97 Å². The number of thiophene rings is 1. The van der Waals surface area contributed by atoms with Crippen LogP contribution in [0.3, 0.4) is 0 Å². The lowest BCUT2D eigenvalue weighted by molar-refractivity contribution is 0.431. The summed E-state index contributed by atoms with van der Waals surface area (Å²) in [7, 11) is 0. The van der Waals surface area contributed by atoms with Crippen LogP contribution >= 0.6 is 11.3 Å². The lowest BCUT2D eigenvalue weighted by Gasteiger charge is -2.19. The fourth-order valence-corrected chi connectivity index (χ4v) is 6.55. The highest BCUT2D eigenvalue weighted by molar-refractivity contribution is 7.19. The number of fused-ring (bicyclic) bond motifs is 1. The Kier molecular flexibility index (Phi) is 4.56. The predicted octanol–water partition coefficient (Wildman–Crippen LogP) is 6.73. The molecule has 0 radical (unpaired) electrons. The highest BCUT2D eigenvalue weighted by Crippen LogP contribution is 2.46. The Morgan fingerprint density at radius 1 is 0.800 bits per heavy atom. The van der Waals surface area contributed by atoms with E-state index in [9.17, 15) is 0 Å². The van der Waals surface area contributed by atoms with Gasteiger partial charge in [0, 0.05) is 10.8 Å². The second-order valence-electron chi connectivity index (χ2n) is 8.63. The molecule has 4 aromatic rings. The quantitative estimate of drug-likeness (QED) is 0.389. The molecular formula is C25H26N4S. The lowest BCUT2D eigenvalue weighted by Crippen LogP contribution is -2.06. The van der Waals surface area contributed by atoms with Crippen molar-refractivity contribution in [3.8, 4) is 32.3 Å². The van der Waals surface area contributed by atoms with Gasteiger partial charge in [-0.3, -0.25) is 0 Å². The minimum Gasteiger partial charge on any atom is -0.344 e. The standard InChI is InChI=1S/C25H26N4S/c1-2-5-18(6-3-1)25-27-14-21(29-25)16-9-11-17(12-10-16)23-19-7-4-8-20(19)24(30-23)22-13-26-15-28-22/h9-15,18H,1-8H2,(H,26,28)(H,27,29). The molecule has 0 aliphatic heterocycles. The number of hydrogen-bond acceptors (Lipinski definition) is 3. The number of rotatable bonds is 4. The predicted molar refractivity (Wildman–Crippen MR) is 123 cm³/mol. The number of hydrogen-bond donors (Lipinski definition) is 2. The minimum atomic E-state index is 0.612. The van der Waals surface area contributed by atoms with Crippen molar-refractivity contribution in [2.75, 3.05) is 0 Å². The Hall–Kier alpha value is -2.66. The van der Waals surface area contributed by atoms with E-state index in [1.165, 1.54) is 83.6 Å². The molecule has 30 heavy (non-hydrogen) atoms. The molecule has 0 atom stereocenters. The van der Waals surface area contributed by atoms with Crippen LogP contribution in [-0.2, 0) is 12.8 Å². The van der Waals surface area contributed by atoms with Crippen LogP contribution in [0.25, 0.3) is 32.3 Å². The van der Waals surface area contributed by atoms with Gasteiger partial charge in [0.25, 0.3) is 0 Å². The third-order valence-electron chi connectivity index (χ3n) is 6.76. The van der Waals surface area contributed by atoms with Crippen molar-refractivity contribution < 1.29 is 0 Å². The van der Waals surface area contributed by atoms with Gasteiger partial charge >= 0.3 is 0 Å². The maximum Gasteiger partial charge on any atom is 0.109 e. The molecule has 152 valence electrons. The van der Waals surface area contributed by atoms with Crippen LogP contribution in [0.5, 0.6) is 0 Å². The van der Waals surface area contributed by atoms with Gasteiger partial charge < -0.3 is 9.97 Å². The first-order valence-corrected chi connectivity index (χ1v) is 12.0. The van der Waals surface area contributed by atoms with E-state index in [0.29, 0.717) is 5.92 Å². The van der Waals surface area contributed by atoms with Crippen molar-refractivity contribution in [1.82, 2.24) is 19.9 Å². The van der Waals surface area contributed by atoms with E-state index in [-0.39, 0.29) is 0 Å². The molecular weight excluding hydrogens is 388 g/mol. The van der Waals surface area contributed by atoms with Gasteiger partial charge in [-0.15, -0.1) is 11.3 Å². The van der Waals surface area contributed by atoms with Gasteiger partial charge in [0.2, 0.25) is 0 Å². The van der Waals surface area contributed by atoms with Gasteiger partial charge in [0.15, 0.2) is 0 Å². The Bertz CT molecular complexity index is 1140. The van der Waals surface area contributed by atoms with Gasteiger partial charge in [0.1, 0.15) is 5.82 Å². The van der Waals surface area contributed by atoms with Crippen molar-refractivity contribution in [3.63, 3.8) is 0 Å². The summed E-state index contributed by atoms with van der Waals surface area (Å²) in [5, 5.41) is 0. The van der Waals surface area contributed by atoms with Crippen molar-refractivity contribution in [2.45, 2.75) is 57.3 Å². The van der Waals surface area contributed by atoms with Gasteiger partial charge in [-0.05, 0) is 54.4 Å². The van der Waals surface area contributed by atoms with Crippen molar-refractivity contribution in [3.05, 3.63) is 59.9 Å². The van der Waals surface area contributed by atoms with E-state index in [1.807, 2.05) is 23.7 Å². The highest BCUT2D eigenvalue weighted by Gasteiger charge is 2.24. The van der Waals surface area contributed by atoms with E-state index in [0.717, 1.165) is 11.4 Å². The van der Waals surface area contributed by atoms with Crippen LogP contribution in [0.4, 0.5) is 0 Å². The van der Waals surface area contributed by atoms with Crippen LogP contribution in [0, 0.1) is 0 Å². The summed E-state index contributed by atoms with van der Waals surface area (Å²) >= 11 is 1.91. The summed E-state index contributed by atoms with van der Waals surface area (Å²) in [4.78, 5) is 18.6. The third kappa shape index (κ3) is 3.12. The number of H-pyrrole nitrogens is 2. The van der Waals surface area contributed by atoms with Gasteiger partial charge in [-0.2, -0.15) is 0 Å². The molecule has 3 heterocycles. The minimum absolute atomic E-state index is 0.612. The Labute approximate surface area is 180 Å². The first-order valence-electron chi connectivity index (χ1n) is 11.2. The molecule has 0 saturated heterocycles. The number of nitrogens with zero attached hydrogens (tertiary/aromatic N) is 2. The van der Waals surface area contributed by atoms with Crippen LogP contribution in [-0.4, -0.2) is 19.9 Å². The number of nitrogens with one attached hydrogen (secondary N) is 2. The summed E-state index contributed by atoms with van der Waals surface area (Å²) in [5.41, 5.74) is 7.88. The molecule has 2 aliphatic carbocycles. The zero-order valence-electron chi connectivity index (χ0n) is 17.1. The van der Waals surface area contributed by atoms with E-state index < -0.39 is 0 Å². The van der Waals surface area contributed by atoms with E-state index in [2.05, 4.69) is 39.2 Å². The molecule has 6 rings (SSSR count). The van der Waals surface area contributed by atoms with Crippen LogP contribution in [0.15, 0.2) is 43.0 Å². The number of imidazole rings is 2. The fourth-order valence-electron chi connectivity index (χ4n) is 5.17. The van der Waals surface area contributed by atoms with Crippen LogP contribution in [0.2, 0.25) is 0 Å². The van der Waals surface area contributed by atoms with E-state index in [4.69, 9.17) is 4.98 Å².